The van der Waals surface area contributed by atoms with Crippen molar-refractivity contribution in [1.29, 1.82) is 0 Å². The number of hydrogen-bond donors (Lipinski definition) is 2. The Bertz CT molecular complexity index is 328. The topological polar surface area (TPSA) is 80.9 Å². The van der Waals surface area contributed by atoms with Crippen molar-refractivity contribution < 1.29 is 4.79 Å². The van der Waals surface area contributed by atoms with Gasteiger partial charge in [-0.3, -0.25) is 4.79 Å². The first-order valence-electron chi connectivity index (χ1n) is 4.66. The van der Waals surface area contributed by atoms with Crippen molar-refractivity contribution in [3.8, 4) is 0 Å². The molecule has 5 nitrogen and oxygen atoms in total. The van der Waals surface area contributed by atoms with Crippen LogP contribution in [0.2, 0.25) is 0 Å². The molecule has 15 heavy (non-hydrogen) atoms. The molecule has 0 aliphatic heterocycles. The number of nitrogens with one attached hydrogen (secondary N) is 1. The van der Waals surface area contributed by atoms with Gasteiger partial charge in [-0.05, 0) is 13.3 Å². The first kappa shape index (κ1) is 12.3. The van der Waals surface area contributed by atoms with Crippen molar-refractivity contribution in [1.82, 2.24) is 15.5 Å². The number of amides is 1. The van der Waals surface area contributed by atoms with Crippen molar-refractivity contribution in [3.63, 3.8) is 0 Å². The van der Waals surface area contributed by atoms with Gasteiger partial charge in [-0.1, -0.05) is 30.0 Å². The number of aromatic nitrogens is 2. The summed E-state index contributed by atoms with van der Waals surface area (Å²) < 4.78 is 0.728. The molecule has 0 radical (unpaired) electrons. The van der Waals surface area contributed by atoms with Crippen molar-refractivity contribution in [3.05, 3.63) is 0 Å². The molecule has 1 aromatic heterocycles. The minimum atomic E-state index is -0.163. The van der Waals surface area contributed by atoms with Crippen LogP contribution in [0, 0.1) is 0 Å². The SMILES string of the molecule is CCCNC(=O)[C@H](C)Sc1nnc(N)s1. The van der Waals surface area contributed by atoms with Crippen molar-refractivity contribution in [2.24, 2.45) is 0 Å². The molecule has 7 heteroatoms. The maximum absolute atomic E-state index is 11.5. The van der Waals surface area contributed by atoms with Gasteiger partial charge in [0.25, 0.3) is 0 Å². The molecule has 0 fully saturated rings. The van der Waals surface area contributed by atoms with Crippen LogP contribution in [0.25, 0.3) is 0 Å². The third kappa shape index (κ3) is 4.05. The normalized spacial score (nSPS) is 12.4. The molecule has 1 aromatic rings. The molecule has 0 saturated carbocycles. The first-order valence-corrected chi connectivity index (χ1v) is 6.36. The van der Waals surface area contributed by atoms with E-state index in [1.54, 1.807) is 0 Å². The lowest BCUT2D eigenvalue weighted by Gasteiger charge is -2.08. The van der Waals surface area contributed by atoms with E-state index in [9.17, 15) is 4.79 Å². The second-order valence-corrected chi connectivity index (χ2v) is 5.55. The molecule has 3 N–H and O–H groups in total. The summed E-state index contributed by atoms with van der Waals surface area (Å²) >= 11 is 2.67. The lowest BCUT2D eigenvalue weighted by Crippen LogP contribution is -2.31. The Morgan fingerprint density at radius 2 is 2.40 bits per heavy atom. The minimum Gasteiger partial charge on any atom is -0.374 e. The smallest absolute Gasteiger partial charge is 0.233 e. The summed E-state index contributed by atoms with van der Waals surface area (Å²) in [5.41, 5.74) is 5.44. The molecule has 1 rings (SSSR count). The van der Waals surface area contributed by atoms with Gasteiger partial charge in [-0.2, -0.15) is 0 Å². The average Bonchev–Trinajstić information content (AvgIpc) is 2.60. The van der Waals surface area contributed by atoms with E-state index >= 15 is 0 Å². The van der Waals surface area contributed by atoms with Gasteiger partial charge >= 0.3 is 0 Å². The second-order valence-electron chi connectivity index (χ2n) is 2.96. The van der Waals surface area contributed by atoms with Crippen LogP contribution >= 0.6 is 23.1 Å². The lowest BCUT2D eigenvalue weighted by molar-refractivity contribution is -0.120. The van der Waals surface area contributed by atoms with Gasteiger partial charge in [0, 0.05) is 6.54 Å². The summed E-state index contributed by atoms with van der Waals surface area (Å²) in [4.78, 5) is 11.5. The van der Waals surface area contributed by atoms with Crippen molar-refractivity contribution in [2.45, 2.75) is 29.9 Å². The number of carbonyl (C=O) groups is 1. The van der Waals surface area contributed by atoms with E-state index in [0.29, 0.717) is 11.7 Å². The zero-order chi connectivity index (χ0) is 11.3. The first-order chi connectivity index (χ1) is 7.13. The third-order valence-electron chi connectivity index (χ3n) is 1.62. The third-order valence-corrected chi connectivity index (χ3v) is 3.55. The van der Waals surface area contributed by atoms with E-state index < -0.39 is 0 Å². The number of nitrogen functional groups attached to an aromatic ring is 1. The van der Waals surface area contributed by atoms with Gasteiger partial charge in [0.1, 0.15) is 0 Å². The molecule has 0 aliphatic rings. The number of thioether (sulfide) groups is 1. The maximum atomic E-state index is 11.5. The molecule has 0 aromatic carbocycles. The molecule has 0 aliphatic carbocycles. The van der Waals surface area contributed by atoms with Gasteiger partial charge in [-0.15, -0.1) is 10.2 Å². The fourth-order valence-electron chi connectivity index (χ4n) is 0.865. The highest BCUT2D eigenvalue weighted by molar-refractivity contribution is 8.02. The van der Waals surface area contributed by atoms with Crippen LogP contribution in [0.3, 0.4) is 0 Å². The Morgan fingerprint density at radius 3 is 2.93 bits per heavy atom. The monoisotopic (exact) mass is 246 g/mol. The summed E-state index contributed by atoms with van der Waals surface area (Å²) in [5.74, 6) is 0.0237. The number of nitrogens with two attached hydrogens (primary N) is 1. The Morgan fingerprint density at radius 1 is 1.67 bits per heavy atom. The van der Waals surface area contributed by atoms with Gasteiger partial charge in [0.2, 0.25) is 11.0 Å². The molecular formula is C8H14N4OS2. The molecule has 1 heterocycles. The molecule has 84 valence electrons. The van der Waals surface area contributed by atoms with E-state index in [1.165, 1.54) is 23.1 Å². The summed E-state index contributed by atoms with van der Waals surface area (Å²) in [6, 6.07) is 0. The van der Waals surface area contributed by atoms with Crippen LogP contribution < -0.4 is 11.1 Å². The highest BCUT2D eigenvalue weighted by Crippen LogP contribution is 2.27. The Kier molecular flexibility index (Phi) is 4.83. The van der Waals surface area contributed by atoms with E-state index in [2.05, 4.69) is 15.5 Å². The van der Waals surface area contributed by atoms with Crippen molar-refractivity contribution >= 4 is 34.1 Å². The summed E-state index contributed by atoms with van der Waals surface area (Å²) in [6.07, 6.45) is 0.939. The predicted molar refractivity (Wildman–Crippen MR) is 62.9 cm³/mol. The standard InChI is InChI=1S/C8H14N4OS2/c1-3-4-10-6(13)5(2)14-8-12-11-7(9)15-8/h5H,3-4H2,1-2H3,(H2,9,11)(H,10,13)/t5-/m0/s1. The zero-order valence-corrected chi connectivity index (χ0v) is 10.3. The summed E-state index contributed by atoms with van der Waals surface area (Å²) in [6.45, 7) is 4.57. The summed E-state index contributed by atoms with van der Waals surface area (Å²) in [7, 11) is 0. The number of rotatable bonds is 5. The van der Waals surface area contributed by atoms with E-state index in [1.807, 2.05) is 13.8 Å². The average molecular weight is 246 g/mol. The van der Waals surface area contributed by atoms with E-state index in [4.69, 9.17) is 5.73 Å². The fraction of sp³-hybridized carbons (Fsp3) is 0.625. The van der Waals surface area contributed by atoms with Gasteiger partial charge < -0.3 is 11.1 Å². The predicted octanol–water partition coefficient (Wildman–Crippen LogP) is 1.13. The number of nitrogens with zero attached hydrogens (tertiary/aromatic N) is 2. The number of anilines is 1. The van der Waals surface area contributed by atoms with Crippen LogP contribution in [0.4, 0.5) is 5.13 Å². The lowest BCUT2D eigenvalue weighted by atomic mass is 10.4. The van der Waals surface area contributed by atoms with Crippen LogP contribution in [-0.2, 0) is 4.79 Å². The molecule has 1 atom stereocenters. The quantitative estimate of drug-likeness (QED) is 0.761. The molecule has 0 saturated heterocycles. The Labute approximate surface area is 96.8 Å². The highest BCUT2D eigenvalue weighted by atomic mass is 32.2. The molecule has 1 amide bonds. The highest BCUT2D eigenvalue weighted by Gasteiger charge is 2.15. The summed E-state index contributed by atoms with van der Waals surface area (Å²) in [5, 5.41) is 10.6. The van der Waals surface area contributed by atoms with Crippen LogP contribution in [0.5, 0.6) is 0 Å². The largest absolute Gasteiger partial charge is 0.374 e. The molecule has 0 unspecified atom stereocenters. The van der Waals surface area contributed by atoms with E-state index in [-0.39, 0.29) is 11.2 Å². The fourth-order valence-corrected chi connectivity index (χ4v) is 2.67. The van der Waals surface area contributed by atoms with Gasteiger partial charge in [0.05, 0.1) is 5.25 Å². The Hall–Kier alpha value is -0.820. The van der Waals surface area contributed by atoms with Gasteiger partial charge in [-0.25, -0.2) is 0 Å². The minimum absolute atomic E-state index is 0.0237. The molecular weight excluding hydrogens is 232 g/mol. The van der Waals surface area contributed by atoms with E-state index in [0.717, 1.165) is 10.8 Å². The second kappa shape index (κ2) is 5.92. The van der Waals surface area contributed by atoms with Gasteiger partial charge in [0.15, 0.2) is 4.34 Å². The molecule has 0 spiro atoms. The zero-order valence-electron chi connectivity index (χ0n) is 8.69. The molecule has 0 bridgehead atoms. The maximum Gasteiger partial charge on any atom is 0.233 e. The van der Waals surface area contributed by atoms with Crippen LogP contribution in [0.15, 0.2) is 4.34 Å². The van der Waals surface area contributed by atoms with Crippen molar-refractivity contribution in [2.75, 3.05) is 12.3 Å². The van der Waals surface area contributed by atoms with Crippen LogP contribution in [0.1, 0.15) is 20.3 Å². The Balaban J connectivity index is 2.41. The van der Waals surface area contributed by atoms with Crippen LogP contribution in [-0.4, -0.2) is 27.9 Å². The number of hydrogen-bond acceptors (Lipinski definition) is 6. The number of carbonyl (C=O) groups excluding carboxylic acids is 1.